The molecule has 0 unspecified atom stereocenters. The Morgan fingerprint density at radius 3 is 2.43 bits per heavy atom. The molecule has 0 bridgehead atoms. The van der Waals surface area contributed by atoms with Crippen LogP contribution in [0.25, 0.3) is 0 Å². The van der Waals surface area contributed by atoms with Gasteiger partial charge in [0.1, 0.15) is 12.4 Å². The normalized spacial score (nSPS) is 14.6. The minimum atomic E-state index is -0.587. The number of ether oxygens (including phenoxy) is 4. The molecule has 0 aliphatic heterocycles. The van der Waals surface area contributed by atoms with Gasteiger partial charge >= 0.3 is 6.09 Å². The lowest BCUT2D eigenvalue weighted by Crippen LogP contribution is -2.48. The van der Waals surface area contributed by atoms with Gasteiger partial charge in [-0.25, -0.2) is 4.79 Å². The van der Waals surface area contributed by atoms with Crippen LogP contribution in [-0.4, -0.2) is 62.7 Å². The first-order valence-electron chi connectivity index (χ1n) is 7.12. The second-order valence-electron chi connectivity index (χ2n) is 5.57. The first kappa shape index (κ1) is 20.1. The summed E-state index contributed by atoms with van der Waals surface area (Å²) in [6, 6.07) is -0.545. The van der Waals surface area contributed by atoms with Crippen molar-refractivity contribution < 1.29 is 28.8 Å². The Morgan fingerprint density at radius 2 is 1.95 bits per heavy atom. The predicted molar refractivity (Wildman–Crippen MR) is 78.1 cm³/mol. The quantitative estimate of drug-likeness (QED) is 0.467. The summed E-state index contributed by atoms with van der Waals surface area (Å²) in [6.45, 7) is 7.98. The molecule has 0 heterocycles. The summed E-state index contributed by atoms with van der Waals surface area (Å²) in [5.74, 6) is 0. The number of alkyl carbamates (subject to hydrolysis) is 1. The summed E-state index contributed by atoms with van der Waals surface area (Å²) in [5.41, 5.74) is -0.587. The molecular weight excluding hydrogens is 278 g/mol. The second kappa shape index (κ2) is 10.8. The van der Waals surface area contributed by atoms with Crippen molar-refractivity contribution in [3.8, 4) is 0 Å². The van der Waals surface area contributed by atoms with E-state index < -0.39 is 17.7 Å². The zero-order chi connectivity index (χ0) is 16.3. The third kappa shape index (κ3) is 10.5. The third-order valence-corrected chi connectivity index (χ3v) is 2.55. The maximum Gasteiger partial charge on any atom is 0.408 e. The van der Waals surface area contributed by atoms with Gasteiger partial charge in [-0.3, -0.25) is 0 Å². The number of hydrogen-bond donors (Lipinski definition) is 2. The van der Waals surface area contributed by atoms with Crippen molar-refractivity contribution in [3.05, 3.63) is 0 Å². The standard InChI is InChI=1S/C14H29NO6/c1-6-12(20-10-19-8-7-18-5)11(9-16)15-13(17)21-14(2,3)4/h11-12,16H,6-10H2,1-5H3,(H,15,17)/t11-,12+/m0/s1. The van der Waals surface area contributed by atoms with Crippen LogP contribution in [0.5, 0.6) is 0 Å². The van der Waals surface area contributed by atoms with Crippen molar-refractivity contribution in [2.24, 2.45) is 0 Å². The Kier molecular flexibility index (Phi) is 10.3. The smallest absolute Gasteiger partial charge is 0.408 e. The summed E-state index contributed by atoms with van der Waals surface area (Å²) in [7, 11) is 1.59. The molecule has 21 heavy (non-hydrogen) atoms. The molecule has 0 saturated carbocycles. The minimum absolute atomic E-state index is 0.0777. The van der Waals surface area contributed by atoms with E-state index in [0.29, 0.717) is 19.6 Å². The maximum absolute atomic E-state index is 11.7. The Hall–Kier alpha value is -0.890. The summed E-state index contributed by atoms with van der Waals surface area (Å²) in [5, 5.41) is 12.0. The van der Waals surface area contributed by atoms with Gasteiger partial charge in [0.15, 0.2) is 0 Å². The van der Waals surface area contributed by atoms with Crippen LogP contribution in [0.3, 0.4) is 0 Å². The number of aliphatic hydroxyl groups excluding tert-OH is 1. The molecule has 0 aliphatic carbocycles. The van der Waals surface area contributed by atoms with Crippen LogP contribution in [0.15, 0.2) is 0 Å². The largest absolute Gasteiger partial charge is 0.444 e. The topological polar surface area (TPSA) is 86.3 Å². The molecule has 2 N–H and O–H groups in total. The van der Waals surface area contributed by atoms with Crippen molar-refractivity contribution in [3.63, 3.8) is 0 Å². The van der Waals surface area contributed by atoms with Crippen molar-refractivity contribution in [2.75, 3.05) is 33.7 Å². The van der Waals surface area contributed by atoms with Crippen LogP contribution in [0.1, 0.15) is 34.1 Å². The molecule has 0 aromatic heterocycles. The van der Waals surface area contributed by atoms with E-state index in [9.17, 15) is 9.90 Å². The Bertz CT molecular complexity index is 279. The summed E-state index contributed by atoms with van der Waals surface area (Å²) in [4.78, 5) is 11.7. The van der Waals surface area contributed by atoms with Gasteiger partial charge in [0.2, 0.25) is 0 Å². The molecule has 0 aromatic rings. The highest BCUT2D eigenvalue weighted by atomic mass is 16.7. The highest BCUT2D eigenvalue weighted by Gasteiger charge is 2.25. The molecule has 0 rings (SSSR count). The number of methoxy groups -OCH3 is 1. The number of carbonyl (C=O) groups excluding carboxylic acids is 1. The highest BCUT2D eigenvalue weighted by Crippen LogP contribution is 2.09. The summed E-state index contributed by atoms with van der Waals surface area (Å²) in [6.07, 6.45) is -0.316. The molecule has 0 aromatic carbocycles. The van der Waals surface area contributed by atoms with E-state index in [0.717, 1.165) is 0 Å². The van der Waals surface area contributed by atoms with Crippen molar-refractivity contribution >= 4 is 6.09 Å². The van der Waals surface area contributed by atoms with Gasteiger partial charge in [0.25, 0.3) is 0 Å². The zero-order valence-corrected chi connectivity index (χ0v) is 13.7. The first-order valence-corrected chi connectivity index (χ1v) is 7.12. The maximum atomic E-state index is 11.7. The number of rotatable bonds is 10. The SMILES string of the molecule is CC[C@@H](OCOCCOC)[C@H](CO)NC(=O)OC(C)(C)C. The van der Waals surface area contributed by atoms with E-state index in [-0.39, 0.29) is 19.5 Å². The van der Waals surface area contributed by atoms with Gasteiger partial charge in [-0.05, 0) is 27.2 Å². The van der Waals surface area contributed by atoms with Crippen molar-refractivity contribution in [2.45, 2.75) is 51.9 Å². The molecule has 7 heteroatoms. The van der Waals surface area contributed by atoms with Crippen LogP contribution >= 0.6 is 0 Å². The number of nitrogens with one attached hydrogen (secondary N) is 1. The lowest BCUT2D eigenvalue weighted by Gasteiger charge is -2.27. The predicted octanol–water partition coefficient (Wildman–Crippen LogP) is 1.29. The van der Waals surface area contributed by atoms with Crippen LogP contribution in [-0.2, 0) is 18.9 Å². The van der Waals surface area contributed by atoms with Gasteiger partial charge in [0, 0.05) is 7.11 Å². The highest BCUT2D eigenvalue weighted by molar-refractivity contribution is 5.68. The molecule has 0 aliphatic rings. The average Bonchev–Trinajstić information content (AvgIpc) is 2.39. The summed E-state index contributed by atoms with van der Waals surface area (Å²) < 4.78 is 20.7. The Labute approximate surface area is 126 Å². The molecule has 1 amide bonds. The third-order valence-electron chi connectivity index (χ3n) is 2.55. The molecule has 0 fully saturated rings. The lowest BCUT2D eigenvalue weighted by molar-refractivity contribution is -0.111. The molecule has 126 valence electrons. The van der Waals surface area contributed by atoms with Crippen LogP contribution in [0.2, 0.25) is 0 Å². The van der Waals surface area contributed by atoms with Crippen molar-refractivity contribution in [1.29, 1.82) is 0 Å². The molecule has 2 atom stereocenters. The van der Waals surface area contributed by atoms with Gasteiger partial charge in [0.05, 0.1) is 32.0 Å². The number of carbonyl (C=O) groups is 1. The van der Waals surface area contributed by atoms with E-state index in [1.54, 1.807) is 27.9 Å². The van der Waals surface area contributed by atoms with E-state index in [1.165, 1.54) is 0 Å². The number of aliphatic hydroxyl groups is 1. The van der Waals surface area contributed by atoms with Crippen LogP contribution in [0.4, 0.5) is 4.79 Å². The lowest BCUT2D eigenvalue weighted by atomic mass is 10.1. The average molecular weight is 307 g/mol. The van der Waals surface area contributed by atoms with E-state index >= 15 is 0 Å². The van der Waals surface area contributed by atoms with Crippen molar-refractivity contribution in [1.82, 2.24) is 5.32 Å². The fraction of sp³-hybridized carbons (Fsp3) is 0.929. The van der Waals surface area contributed by atoms with Gasteiger partial charge in [-0.2, -0.15) is 0 Å². The fourth-order valence-electron chi connectivity index (χ4n) is 1.57. The monoisotopic (exact) mass is 307 g/mol. The molecule has 0 saturated heterocycles. The molecule has 0 spiro atoms. The summed E-state index contributed by atoms with van der Waals surface area (Å²) >= 11 is 0. The Balaban J connectivity index is 4.22. The number of hydrogen-bond acceptors (Lipinski definition) is 6. The van der Waals surface area contributed by atoms with Gasteiger partial charge in [-0.15, -0.1) is 0 Å². The van der Waals surface area contributed by atoms with Gasteiger partial charge in [-0.1, -0.05) is 6.92 Å². The van der Waals surface area contributed by atoms with Crippen LogP contribution in [0, 0.1) is 0 Å². The first-order chi connectivity index (χ1) is 9.84. The zero-order valence-electron chi connectivity index (χ0n) is 13.7. The number of amides is 1. The molecule has 7 nitrogen and oxygen atoms in total. The Morgan fingerprint density at radius 1 is 1.29 bits per heavy atom. The van der Waals surface area contributed by atoms with Crippen LogP contribution < -0.4 is 5.32 Å². The van der Waals surface area contributed by atoms with E-state index in [2.05, 4.69) is 5.32 Å². The molecular formula is C14H29NO6. The van der Waals surface area contributed by atoms with E-state index in [1.807, 2.05) is 6.92 Å². The minimum Gasteiger partial charge on any atom is -0.444 e. The van der Waals surface area contributed by atoms with Gasteiger partial charge < -0.3 is 29.4 Å². The fourth-order valence-corrected chi connectivity index (χ4v) is 1.57. The molecule has 0 radical (unpaired) electrons. The second-order valence-corrected chi connectivity index (χ2v) is 5.57. The van der Waals surface area contributed by atoms with E-state index in [4.69, 9.17) is 18.9 Å².